The lowest BCUT2D eigenvalue weighted by atomic mass is 9.74. The van der Waals surface area contributed by atoms with E-state index in [9.17, 15) is 0 Å². The molecule has 3 rings (SSSR count). The Morgan fingerprint density at radius 3 is 2.88 bits per heavy atom. The second kappa shape index (κ2) is 4.21. The number of rotatable bonds is 3. The maximum Gasteiger partial charge on any atom is 0.197 e. The van der Waals surface area contributed by atoms with Gasteiger partial charge in [0.15, 0.2) is 5.22 Å². The number of hydrogen-bond donors (Lipinski definition) is 1. The van der Waals surface area contributed by atoms with Gasteiger partial charge < -0.3 is 10.2 Å². The molecule has 0 radical (unpaired) electrons. The van der Waals surface area contributed by atoms with Crippen LogP contribution >= 0.6 is 11.6 Å². The molecule has 2 atom stereocenters. The van der Waals surface area contributed by atoms with E-state index in [-0.39, 0.29) is 6.04 Å². The highest BCUT2D eigenvalue weighted by Crippen LogP contribution is 2.40. The van der Waals surface area contributed by atoms with Gasteiger partial charge in [-0.25, -0.2) is 0 Å². The number of benzene rings is 1. The number of halogens is 1. The summed E-state index contributed by atoms with van der Waals surface area (Å²) >= 11 is 5.93. The topological polar surface area (TPSA) is 39.2 Å². The lowest BCUT2D eigenvalue weighted by molar-refractivity contribution is 0.492. The lowest BCUT2D eigenvalue weighted by Crippen LogP contribution is -2.22. The summed E-state index contributed by atoms with van der Waals surface area (Å²) < 4.78 is 5.07. The minimum atomic E-state index is -0.0420. The molecule has 1 aliphatic rings. The van der Waals surface area contributed by atoms with Gasteiger partial charge in [-0.05, 0) is 47.6 Å². The average Bonchev–Trinajstić information content (AvgIpc) is 2.72. The molecule has 2 unspecified atom stereocenters. The Morgan fingerprint density at radius 1 is 1.35 bits per heavy atom. The van der Waals surface area contributed by atoms with Crippen LogP contribution in [0.2, 0.25) is 5.22 Å². The molecule has 3 heteroatoms. The van der Waals surface area contributed by atoms with Crippen molar-refractivity contribution in [2.45, 2.75) is 24.8 Å². The van der Waals surface area contributed by atoms with Crippen molar-refractivity contribution in [3.8, 4) is 0 Å². The Labute approximate surface area is 105 Å². The molecule has 0 saturated carbocycles. The van der Waals surface area contributed by atoms with Crippen molar-refractivity contribution in [2.75, 3.05) is 0 Å². The summed E-state index contributed by atoms with van der Waals surface area (Å²) in [6.07, 6.45) is 3.64. The van der Waals surface area contributed by atoms with E-state index >= 15 is 0 Å². The summed E-state index contributed by atoms with van der Waals surface area (Å²) in [6.45, 7) is 0. The largest absolute Gasteiger partial charge is 0.453 e. The van der Waals surface area contributed by atoms with E-state index in [0.717, 1.165) is 18.4 Å². The van der Waals surface area contributed by atoms with Crippen LogP contribution in [0, 0.1) is 0 Å². The van der Waals surface area contributed by atoms with Crippen molar-refractivity contribution in [2.24, 2.45) is 5.73 Å². The van der Waals surface area contributed by atoms with Crippen molar-refractivity contribution in [3.05, 3.63) is 58.5 Å². The first-order chi connectivity index (χ1) is 8.25. The molecule has 17 heavy (non-hydrogen) atoms. The van der Waals surface area contributed by atoms with Crippen LogP contribution in [0.5, 0.6) is 0 Å². The lowest BCUT2D eigenvalue weighted by Gasteiger charge is -2.31. The first-order valence-corrected chi connectivity index (χ1v) is 6.20. The molecule has 0 saturated heterocycles. The SMILES string of the molecule is NC(CC1Cc2ccccc21)c1ccoc1Cl. The summed E-state index contributed by atoms with van der Waals surface area (Å²) in [6, 6.07) is 10.4. The van der Waals surface area contributed by atoms with Gasteiger partial charge in [0.2, 0.25) is 0 Å². The van der Waals surface area contributed by atoms with Gasteiger partial charge in [-0.1, -0.05) is 24.3 Å². The molecule has 2 N–H and O–H groups in total. The van der Waals surface area contributed by atoms with E-state index in [1.807, 2.05) is 6.07 Å². The first kappa shape index (κ1) is 10.9. The Bertz CT molecular complexity index is 535. The summed E-state index contributed by atoms with van der Waals surface area (Å²) in [5, 5.41) is 0.421. The van der Waals surface area contributed by atoms with E-state index in [4.69, 9.17) is 21.8 Å². The maximum absolute atomic E-state index is 6.16. The summed E-state index contributed by atoms with van der Waals surface area (Å²) in [5.74, 6) is 0.562. The van der Waals surface area contributed by atoms with Gasteiger partial charge in [-0.15, -0.1) is 0 Å². The molecule has 0 bridgehead atoms. The highest BCUT2D eigenvalue weighted by Gasteiger charge is 2.28. The molecule has 0 fully saturated rings. The second-order valence-corrected chi connectivity index (χ2v) is 4.93. The minimum Gasteiger partial charge on any atom is -0.453 e. The van der Waals surface area contributed by atoms with Gasteiger partial charge in [0.1, 0.15) is 0 Å². The zero-order valence-electron chi connectivity index (χ0n) is 9.40. The number of hydrogen-bond acceptors (Lipinski definition) is 2. The fourth-order valence-electron chi connectivity index (χ4n) is 2.58. The fourth-order valence-corrected chi connectivity index (χ4v) is 2.83. The predicted molar refractivity (Wildman–Crippen MR) is 68.2 cm³/mol. The van der Waals surface area contributed by atoms with Crippen molar-refractivity contribution < 1.29 is 4.42 Å². The molecular weight excluding hydrogens is 234 g/mol. The van der Waals surface area contributed by atoms with Gasteiger partial charge in [0.25, 0.3) is 0 Å². The third kappa shape index (κ3) is 1.88. The molecule has 88 valence electrons. The van der Waals surface area contributed by atoms with Crippen LogP contribution < -0.4 is 5.73 Å². The van der Waals surface area contributed by atoms with E-state index < -0.39 is 0 Å². The van der Waals surface area contributed by atoms with Crippen LogP contribution in [0.1, 0.15) is 35.1 Å². The van der Waals surface area contributed by atoms with Crippen molar-refractivity contribution in [3.63, 3.8) is 0 Å². The third-order valence-electron chi connectivity index (χ3n) is 3.55. The summed E-state index contributed by atoms with van der Waals surface area (Å²) in [4.78, 5) is 0. The highest BCUT2D eigenvalue weighted by molar-refractivity contribution is 6.29. The van der Waals surface area contributed by atoms with Gasteiger partial charge in [0, 0.05) is 11.6 Å². The monoisotopic (exact) mass is 247 g/mol. The smallest absolute Gasteiger partial charge is 0.197 e. The average molecular weight is 248 g/mol. The van der Waals surface area contributed by atoms with E-state index in [1.165, 1.54) is 11.1 Å². The van der Waals surface area contributed by atoms with E-state index in [2.05, 4.69) is 24.3 Å². The zero-order valence-corrected chi connectivity index (χ0v) is 10.2. The highest BCUT2D eigenvalue weighted by atomic mass is 35.5. The Balaban J connectivity index is 1.72. The first-order valence-electron chi connectivity index (χ1n) is 5.82. The van der Waals surface area contributed by atoms with Crippen molar-refractivity contribution in [1.82, 2.24) is 0 Å². The Kier molecular flexibility index (Phi) is 2.69. The van der Waals surface area contributed by atoms with Crippen LogP contribution in [0.4, 0.5) is 0 Å². The quantitative estimate of drug-likeness (QED) is 0.899. The maximum atomic E-state index is 6.16. The van der Waals surface area contributed by atoms with E-state index in [1.54, 1.807) is 6.26 Å². The van der Waals surface area contributed by atoms with Crippen LogP contribution in [-0.2, 0) is 6.42 Å². The molecule has 1 heterocycles. The third-order valence-corrected chi connectivity index (χ3v) is 3.85. The van der Waals surface area contributed by atoms with Crippen LogP contribution in [0.3, 0.4) is 0 Å². The van der Waals surface area contributed by atoms with Crippen molar-refractivity contribution in [1.29, 1.82) is 0 Å². The molecule has 1 aliphatic carbocycles. The minimum absolute atomic E-state index is 0.0420. The van der Waals surface area contributed by atoms with Gasteiger partial charge in [0.05, 0.1) is 6.26 Å². The van der Waals surface area contributed by atoms with Crippen molar-refractivity contribution >= 4 is 11.6 Å². The standard InChI is InChI=1S/C14H14ClNO/c15-14-12(5-6-17-14)13(16)8-10-7-9-3-1-2-4-11(9)10/h1-6,10,13H,7-8,16H2. The molecule has 0 spiro atoms. The summed E-state index contributed by atoms with van der Waals surface area (Å²) in [5.41, 5.74) is 9.96. The normalized spacial score (nSPS) is 19.5. The van der Waals surface area contributed by atoms with Crippen LogP contribution in [-0.4, -0.2) is 0 Å². The molecule has 0 amide bonds. The molecule has 1 aromatic carbocycles. The molecule has 1 aromatic heterocycles. The van der Waals surface area contributed by atoms with Gasteiger partial charge in [-0.3, -0.25) is 0 Å². The molecular formula is C14H14ClNO. The molecule has 0 aliphatic heterocycles. The number of fused-ring (bicyclic) bond motifs is 1. The van der Waals surface area contributed by atoms with Gasteiger partial charge in [-0.2, -0.15) is 0 Å². The molecule has 2 nitrogen and oxygen atoms in total. The van der Waals surface area contributed by atoms with E-state index in [0.29, 0.717) is 11.1 Å². The summed E-state index contributed by atoms with van der Waals surface area (Å²) in [7, 11) is 0. The van der Waals surface area contributed by atoms with Gasteiger partial charge >= 0.3 is 0 Å². The van der Waals surface area contributed by atoms with Crippen LogP contribution in [0.15, 0.2) is 41.0 Å². The number of furan rings is 1. The predicted octanol–water partition coefficient (Wildman–Crippen LogP) is 3.66. The fraction of sp³-hybridized carbons (Fsp3) is 0.286. The number of nitrogens with two attached hydrogens (primary N) is 1. The van der Waals surface area contributed by atoms with Crippen LogP contribution in [0.25, 0.3) is 0 Å². The zero-order chi connectivity index (χ0) is 11.8. The Morgan fingerprint density at radius 2 is 2.18 bits per heavy atom. The molecule has 2 aromatic rings. The Hall–Kier alpha value is -1.25. The second-order valence-electron chi connectivity index (χ2n) is 4.59.